The van der Waals surface area contributed by atoms with E-state index in [1.807, 2.05) is 23.6 Å². The SMILES string of the molecule is CCN(CC(=O)N1CCC(C)CC1)C(C)CC(=O)O. The highest BCUT2D eigenvalue weighted by molar-refractivity contribution is 5.78. The van der Waals surface area contributed by atoms with Gasteiger partial charge in [0, 0.05) is 19.1 Å². The second-order valence-corrected chi connectivity index (χ2v) is 5.57. The van der Waals surface area contributed by atoms with E-state index < -0.39 is 5.97 Å². The van der Waals surface area contributed by atoms with Crippen LogP contribution in [-0.4, -0.2) is 59.0 Å². The highest BCUT2D eigenvalue weighted by atomic mass is 16.4. The minimum Gasteiger partial charge on any atom is -0.481 e. The second-order valence-electron chi connectivity index (χ2n) is 5.57. The number of piperidine rings is 1. The van der Waals surface area contributed by atoms with Crippen LogP contribution < -0.4 is 0 Å². The molecule has 1 atom stereocenters. The molecule has 0 aliphatic carbocycles. The van der Waals surface area contributed by atoms with E-state index in [-0.39, 0.29) is 18.4 Å². The minimum atomic E-state index is -0.815. The van der Waals surface area contributed by atoms with Crippen LogP contribution in [0.15, 0.2) is 0 Å². The molecule has 1 fully saturated rings. The lowest BCUT2D eigenvalue weighted by molar-refractivity contribution is -0.140. The van der Waals surface area contributed by atoms with Crippen LogP contribution in [0.4, 0.5) is 0 Å². The molecule has 0 aromatic carbocycles. The minimum absolute atomic E-state index is 0.0815. The molecule has 110 valence electrons. The van der Waals surface area contributed by atoms with Gasteiger partial charge in [-0.2, -0.15) is 0 Å². The maximum Gasteiger partial charge on any atom is 0.304 e. The quantitative estimate of drug-likeness (QED) is 0.793. The summed E-state index contributed by atoms with van der Waals surface area (Å²) in [6.07, 6.45) is 2.23. The smallest absolute Gasteiger partial charge is 0.304 e. The molecule has 0 bridgehead atoms. The largest absolute Gasteiger partial charge is 0.481 e. The van der Waals surface area contributed by atoms with Gasteiger partial charge in [-0.15, -0.1) is 0 Å². The summed E-state index contributed by atoms with van der Waals surface area (Å²) in [6.45, 7) is 8.75. The summed E-state index contributed by atoms with van der Waals surface area (Å²) in [5.41, 5.74) is 0. The van der Waals surface area contributed by atoms with Crippen molar-refractivity contribution in [2.75, 3.05) is 26.2 Å². The number of rotatable bonds is 6. The van der Waals surface area contributed by atoms with Gasteiger partial charge in [-0.05, 0) is 32.2 Å². The zero-order chi connectivity index (χ0) is 14.4. The summed E-state index contributed by atoms with van der Waals surface area (Å²) in [5, 5.41) is 8.82. The summed E-state index contributed by atoms with van der Waals surface area (Å²) < 4.78 is 0. The van der Waals surface area contributed by atoms with Gasteiger partial charge < -0.3 is 10.0 Å². The molecule has 1 unspecified atom stereocenters. The molecular weight excluding hydrogens is 244 g/mol. The van der Waals surface area contributed by atoms with E-state index in [1.165, 1.54) is 0 Å². The Kier molecular flexibility index (Phi) is 6.28. The number of hydrogen-bond donors (Lipinski definition) is 1. The van der Waals surface area contributed by atoms with Crippen molar-refractivity contribution >= 4 is 11.9 Å². The first-order chi connectivity index (χ1) is 8.93. The van der Waals surface area contributed by atoms with Crippen LogP contribution in [0.5, 0.6) is 0 Å². The summed E-state index contributed by atoms with van der Waals surface area (Å²) in [6, 6.07) is -0.102. The molecular formula is C14H26N2O3. The van der Waals surface area contributed by atoms with Gasteiger partial charge in [0.15, 0.2) is 0 Å². The number of aliphatic carboxylic acids is 1. The molecule has 0 aromatic rings. The van der Waals surface area contributed by atoms with E-state index in [0.29, 0.717) is 19.0 Å². The Hall–Kier alpha value is -1.10. The number of carbonyl (C=O) groups is 2. The van der Waals surface area contributed by atoms with E-state index in [2.05, 4.69) is 6.92 Å². The maximum atomic E-state index is 12.2. The second kappa shape index (κ2) is 7.48. The molecule has 0 aromatic heterocycles. The molecule has 0 radical (unpaired) electrons. The maximum absolute atomic E-state index is 12.2. The van der Waals surface area contributed by atoms with E-state index in [1.54, 1.807) is 0 Å². The Balaban J connectivity index is 2.46. The Labute approximate surface area is 115 Å². The summed E-state index contributed by atoms with van der Waals surface area (Å²) in [5.74, 6) is 0.0217. The molecule has 5 heteroatoms. The van der Waals surface area contributed by atoms with E-state index >= 15 is 0 Å². The molecule has 1 amide bonds. The summed E-state index contributed by atoms with van der Waals surface area (Å²) >= 11 is 0. The van der Waals surface area contributed by atoms with Crippen LogP contribution in [0.25, 0.3) is 0 Å². The van der Waals surface area contributed by atoms with Crippen molar-refractivity contribution in [2.24, 2.45) is 5.92 Å². The van der Waals surface area contributed by atoms with Crippen LogP contribution in [0.2, 0.25) is 0 Å². The van der Waals surface area contributed by atoms with Crippen LogP contribution >= 0.6 is 0 Å². The van der Waals surface area contributed by atoms with E-state index in [4.69, 9.17) is 5.11 Å². The summed E-state index contributed by atoms with van der Waals surface area (Å²) in [7, 11) is 0. The molecule has 0 spiro atoms. The number of carboxylic acids is 1. The third-order valence-electron chi connectivity index (χ3n) is 3.97. The van der Waals surface area contributed by atoms with Gasteiger partial charge in [0.25, 0.3) is 0 Å². The van der Waals surface area contributed by atoms with Crippen molar-refractivity contribution in [2.45, 2.75) is 46.1 Å². The normalized spacial score (nSPS) is 18.6. The Morgan fingerprint density at radius 3 is 2.42 bits per heavy atom. The lowest BCUT2D eigenvalue weighted by Gasteiger charge is -2.33. The summed E-state index contributed by atoms with van der Waals surface area (Å²) in [4.78, 5) is 26.8. The molecule has 19 heavy (non-hydrogen) atoms. The van der Waals surface area contributed by atoms with Gasteiger partial charge in [0.2, 0.25) is 5.91 Å². The molecule has 1 aliphatic rings. The standard InChI is InChI=1S/C14H26N2O3/c1-4-15(12(3)9-14(18)19)10-13(17)16-7-5-11(2)6-8-16/h11-12H,4-10H2,1-3H3,(H,18,19). The average Bonchev–Trinajstić information content (AvgIpc) is 2.35. The van der Waals surface area contributed by atoms with E-state index in [0.717, 1.165) is 25.9 Å². The Morgan fingerprint density at radius 2 is 1.95 bits per heavy atom. The number of hydrogen-bond acceptors (Lipinski definition) is 3. The molecule has 1 heterocycles. The Morgan fingerprint density at radius 1 is 1.37 bits per heavy atom. The van der Waals surface area contributed by atoms with Crippen LogP contribution in [0, 0.1) is 5.92 Å². The molecule has 1 saturated heterocycles. The van der Waals surface area contributed by atoms with E-state index in [9.17, 15) is 9.59 Å². The highest BCUT2D eigenvalue weighted by Gasteiger charge is 2.24. The lowest BCUT2D eigenvalue weighted by atomic mass is 9.99. The predicted molar refractivity (Wildman–Crippen MR) is 73.9 cm³/mol. The van der Waals surface area contributed by atoms with Crippen molar-refractivity contribution in [1.82, 2.24) is 9.80 Å². The third kappa shape index (κ3) is 5.19. The number of carbonyl (C=O) groups excluding carboxylic acids is 1. The van der Waals surface area contributed by atoms with Gasteiger partial charge in [0.1, 0.15) is 0 Å². The monoisotopic (exact) mass is 270 g/mol. The van der Waals surface area contributed by atoms with Crippen LogP contribution in [0.1, 0.15) is 40.0 Å². The number of likely N-dealkylation sites (N-methyl/N-ethyl adjacent to an activating group) is 1. The molecule has 1 N–H and O–H groups in total. The fourth-order valence-corrected chi connectivity index (χ4v) is 2.49. The van der Waals surface area contributed by atoms with Gasteiger partial charge in [0.05, 0.1) is 13.0 Å². The lowest BCUT2D eigenvalue weighted by Crippen LogP contribution is -2.46. The van der Waals surface area contributed by atoms with Crippen LogP contribution in [-0.2, 0) is 9.59 Å². The van der Waals surface area contributed by atoms with Crippen LogP contribution in [0.3, 0.4) is 0 Å². The van der Waals surface area contributed by atoms with Crippen molar-refractivity contribution in [1.29, 1.82) is 0 Å². The number of carboxylic acid groups (broad SMARTS) is 1. The van der Waals surface area contributed by atoms with Crippen molar-refractivity contribution in [3.63, 3.8) is 0 Å². The first-order valence-corrected chi connectivity index (χ1v) is 7.17. The Bertz CT molecular complexity index is 312. The zero-order valence-electron chi connectivity index (χ0n) is 12.3. The van der Waals surface area contributed by atoms with Crippen molar-refractivity contribution < 1.29 is 14.7 Å². The fraction of sp³-hybridized carbons (Fsp3) is 0.857. The van der Waals surface area contributed by atoms with Gasteiger partial charge in [-0.1, -0.05) is 13.8 Å². The average molecular weight is 270 g/mol. The molecule has 1 aliphatic heterocycles. The first kappa shape index (κ1) is 16.0. The zero-order valence-corrected chi connectivity index (χ0v) is 12.3. The van der Waals surface area contributed by atoms with Gasteiger partial charge >= 0.3 is 5.97 Å². The van der Waals surface area contributed by atoms with Gasteiger partial charge in [-0.25, -0.2) is 0 Å². The van der Waals surface area contributed by atoms with Crippen molar-refractivity contribution in [3.05, 3.63) is 0 Å². The molecule has 1 rings (SSSR count). The molecule has 5 nitrogen and oxygen atoms in total. The number of amides is 1. The highest BCUT2D eigenvalue weighted by Crippen LogP contribution is 2.16. The fourth-order valence-electron chi connectivity index (χ4n) is 2.49. The topological polar surface area (TPSA) is 60.9 Å². The first-order valence-electron chi connectivity index (χ1n) is 7.17. The third-order valence-corrected chi connectivity index (χ3v) is 3.97. The van der Waals surface area contributed by atoms with Gasteiger partial charge in [-0.3, -0.25) is 14.5 Å². The number of likely N-dealkylation sites (tertiary alicyclic amines) is 1. The number of nitrogens with zero attached hydrogens (tertiary/aromatic N) is 2. The van der Waals surface area contributed by atoms with Crippen molar-refractivity contribution in [3.8, 4) is 0 Å². The predicted octanol–water partition coefficient (Wildman–Crippen LogP) is 1.43. The molecule has 0 saturated carbocycles.